The molecule has 0 saturated carbocycles. The van der Waals surface area contributed by atoms with Gasteiger partial charge in [0, 0.05) is 46.7 Å². The van der Waals surface area contributed by atoms with Crippen molar-refractivity contribution in [3.8, 4) is 5.75 Å². The number of hydrogen-bond donors (Lipinski definition) is 1. The van der Waals surface area contributed by atoms with E-state index in [0.717, 1.165) is 22.2 Å². The predicted molar refractivity (Wildman–Crippen MR) is 113 cm³/mol. The number of nitrogens with one attached hydrogen (secondary N) is 1. The number of rotatable bonds is 4. The van der Waals surface area contributed by atoms with Crippen molar-refractivity contribution < 1.29 is 19.1 Å². The monoisotopic (exact) mass is 476 g/mol. The fourth-order valence-electron chi connectivity index (χ4n) is 3.49. The average molecular weight is 478 g/mol. The van der Waals surface area contributed by atoms with Crippen LogP contribution in [-0.2, 0) is 22.5 Å². The summed E-state index contributed by atoms with van der Waals surface area (Å²) in [6.45, 7) is 1.00. The Morgan fingerprint density at radius 2 is 2.07 bits per heavy atom. The summed E-state index contributed by atoms with van der Waals surface area (Å²) in [6.07, 6.45) is 0.716. The summed E-state index contributed by atoms with van der Waals surface area (Å²) in [5.41, 5.74) is 3.55. The summed E-state index contributed by atoms with van der Waals surface area (Å²) in [4.78, 5) is 29.7. The first-order chi connectivity index (χ1) is 14.0. The molecule has 0 unspecified atom stereocenters. The maximum absolute atomic E-state index is 12.7. The van der Waals surface area contributed by atoms with Crippen LogP contribution in [0.2, 0.25) is 5.02 Å². The maximum atomic E-state index is 12.7. The number of halogens is 2. The fraction of sp³-hybridized carbons (Fsp3) is 0.238. The van der Waals surface area contributed by atoms with Crippen LogP contribution in [0.15, 0.2) is 40.9 Å². The van der Waals surface area contributed by atoms with Crippen LogP contribution in [0.1, 0.15) is 21.6 Å². The number of nitrogens with zero attached hydrogens (tertiary/aromatic N) is 1. The van der Waals surface area contributed by atoms with E-state index in [1.807, 2.05) is 12.1 Å². The summed E-state index contributed by atoms with van der Waals surface area (Å²) in [5, 5.41) is 1.52. The van der Waals surface area contributed by atoms with Crippen molar-refractivity contribution in [2.24, 2.45) is 0 Å². The molecule has 0 atom stereocenters. The number of carbonyl (C=O) groups excluding carboxylic acids is 2. The Bertz CT molecular complexity index is 1110. The molecule has 8 heteroatoms. The van der Waals surface area contributed by atoms with Crippen LogP contribution in [0.25, 0.3) is 10.9 Å². The SMILES string of the molecule is COC(=O)c1ccc2[nH]c3c(c2c1)CN(C(=O)COc1ccc(Cl)cc1Br)CC3. The molecule has 3 aromatic rings. The van der Waals surface area contributed by atoms with Gasteiger partial charge in [-0.3, -0.25) is 4.79 Å². The third kappa shape index (κ3) is 3.97. The lowest BCUT2D eigenvalue weighted by molar-refractivity contribution is -0.134. The molecule has 0 aliphatic carbocycles. The Balaban J connectivity index is 1.51. The van der Waals surface area contributed by atoms with E-state index in [1.165, 1.54) is 7.11 Å². The lowest BCUT2D eigenvalue weighted by Gasteiger charge is -2.27. The van der Waals surface area contributed by atoms with Gasteiger partial charge in [-0.05, 0) is 52.3 Å². The highest BCUT2D eigenvalue weighted by atomic mass is 79.9. The van der Waals surface area contributed by atoms with Crippen molar-refractivity contribution in [3.63, 3.8) is 0 Å². The molecule has 6 nitrogen and oxygen atoms in total. The maximum Gasteiger partial charge on any atom is 0.337 e. The third-order valence-corrected chi connectivity index (χ3v) is 5.85. The van der Waals surface area contributed by atoms with E-state index in [0.29, 0.717) is 40.3 Å². The van der Waals surface area contributed by atoms with Gasteiger partial charge < -0.3 is 19.4 Å². The number of carbonyl (C=O) groups is 2. The molecule has 2 aromatic carbocycles. The molecule has 1 amide bonds. The van der Waals surface area contributed by atoms with E-state index in [1.54, 1.807) is 29.2 Å². The van der Waals surface area contributed by atoms with Gasteiger partial charge in [-0.1, -0.05) is 11.6 Å². The minimum atomic E-state index is -0.382. The molecule has 1 aliphatic rings. The second-order valence-corrected chi connectivity index (χ2v) is 8.05. The molecule has 29 heavy (non-hydrogen) atoms. The van der Waals surface area contributed by atoms with Gasteiger partial charge in [-0.15, -0.1) is 0 Å². The quantitative estimate of drug-likeness (QED) is 0.568. The Hall–Kier alpha value is -2.51. The van der Waals surface area contributed by atoms with Gasteiger partial charge >= 0.3 is 5.97 Å². The number of benzene rings is 2. The molecule has 0 radical (unpaired) electrons. The lowest BCUT2D eigenvalue weighted by Crippen LogP contribution is -2.38. The highest BCUT2D eigenvalue weighted by Crippen LogP contribution is 2.30. The van der Waals surface area contributed by atoms with E-state index < -0.39 is 0 Å². The Morgan fingerprint density at radius 1 is 1.24 bits per heavy atom. The van der Waals surface area contributed by atoms with Gasteiger partial charge in [-0.2, -0.15) is 0 Å². The topological polar surface area (TPSA) is 71.6 Å². The second kappa shape index (κ2) is 8.08. The molecule has 1 aliphatic heterocycles. The van der Waals surface area contributed by atoms with E-state index >= 15 is 0 Å². The van der Waals surface area contributed by atoms with Crippen LogP contribution in [-0.4, -0.2) is 42.0 Å². The zero-order valence-corrected chi connectivity index (χ0v) is 18.0. The number of aromatic nitrogens is 1. The van der Waals surface area contributed by atoms with Gasteiger partial charge in [0.25, 0.3) is 5.91 Å². The Morgan fingerprint density at radius 3 is 2.83 bits per heavy atom. The Labute approximate surface area is 180 Å². The third-order valence-electron chi connectivity index (χ3n) is 4.99. The van der Waals surface area contributed by atoms with Crippen molar-refractivity contribution in [3.05, 3.63) is 62.7 Å². The number of aromatic amines is 1. The largest absolute Gasteiger partial charge is 0.483 e. The number of ether oxygens (including phenoxy) is 2. The number of esters is 1. The van der Waals surface area contributed by atoms with Crippen LogP contribution < -0.4 is 4.74 Å². The second-order valence-electron chi connectivity index (χ2n) is 6.76. The molecule has 0 saturated heterocycles. The van der Waals surface area contributed by atoms with Gasteiger partial charge in [0.15, 0.2) is 6.61 Å². The van der Waals surface area contributed by atoms with Gasteiger partial charge in [-0.25, -0.2) is 4.79 Å². The smallest absolute Gasteiger partial charge is 0.337 e. The van der Waals surface area contributed by atoms with Crippen molar-refractivity contribution in [2.75, 3.05) is 20.3 Å². The predicted octanol–water partition coefficient (Wildman–Crippen LogP) is 4.33. The standard InChI is InChI=1S/C21H18BrClN2O4/c1-28-21(27)12-2-4-17-14(8-12)15-10-25(7-6-18(15)24-17)20(26)11-29-19-5-3-13(23)9-16(19)22/h2-5,8-9,24H,6-7,10-11H2,1H3. The number of H-pyrrole nitrogens is 1. The highest BCUT2D eigenvalue weighted by molar-refractivity contribution is 9.10. The fourth-order valence-corrected chi connectivity index (χ4v) is 4.29. The van der Waals surface area contributed by atoms with E-state index in [4.69, 9.17) is 21.1 Å². The minimum Gasteiger partial charge on any atom is -0.483 e. The average Bonchev–Trinajstić information content (AvgIpc) is 3.09. The van der Waals surface area contributed by atoms with E-state index in [-0.39, 0.29) is 18.5 Å². The van der Waals surface area contributed by atoms with E-state index in [9.17, 15) is 9.59 Å². The van der Waals surface area contributed by atoms with Crippen molar-refractivity contribution in [1.29, 1.82) is 0 Å². The molecule has 0 spiro atoms. The molecule has 0 bridgehead atoms. The van der Waals surface area contributed by atoms with Crippen molar-refractivity contribution >= 4 is 50.3 Å². The molecule has 0 fully saturated rings. The van der Waals surface area contributed by atoms with E-state index in [2.05, 4.69) is 20.9 Å². The molecule has 1 N–H and O–H groups in total. The van der Waals surface area contributed by atoms with Crippen LogP contribution >= 0.6 is 27.5 Å². The number of fused-ring (bicyclic) bond motifs is 3. The summed E-state index contributed by atoms with van der Waals surface area (Å²) in [5.74, 6) is 0.0822. The summed E-state index contributed by atoms with van der Waals surface area (Å²) in [7, 11) is 1.36. The van der Waals surface area contributed by atoms with Crippen LogP contribution in [0, 0.1) is 0 Å². The zero-order chi connectivity index (χ0) is 20.5. The first-order valence-corrected chi connectivity index (χ1v) is 10.2. The van der Waals surface area contributed by atoms with Gasteiger partial charge in [0.05, 0.1) is 17.1 Å². The van der Waals surface area contributed by atoms with Crippen molar-refractivity contribution in [1.82, 2.24) is 9.88 Å². The minimum absolute atomic E-state index is 0.0642. The van der Waals surface area contributed by atoms with Crippen molar-refractivity contribution in [2.45, 2.75) is 13.0 Å². The van der Waals surface area contributed by atoms with Crippen LogP contribution in [0.3, 0.4) is 0 Å². The first kappa shape index (κ1) is 19.8. The van der Waals surface area contributed by atoms with Crippen LogP contribution in [0.4, 0.5) is 0 Å². The first-order valence-electron chi connectivity index (χ1n) is 9.03. The molecule has 150 valence electrons. The Kier molecular flexibility index (Phi) is 5.52. The zero-order valence-electron chi connectivity index (χ0n) is 15.6. The normalized spacial score (nSPS) is 13.3. The molecule has 4 rings (SSSR count). The highest BCUT2D eigenvalue weighted by Gasteiger charge is 2.25. The summed E-state index contributed by atoms with van der Waals surface area (Å²) in [6, 6.07) is 10.6. The molecular formula is C21H18BrClN2O4. The number of hydrogen-bond acceptors (Lipinski definition) is 4. The lowest BCUT2D eigenvalue weighted by atomic mass is 10.0. The van der Waals surface area contributed by atoms with Gasteiger partial charge in [0.1, 0.15) is 5.75 Å². The summed E-state index contributed by atoms with van der Waals surface area (Å²) >= 11 is 9.32. The number of methoxy groups -OCH3 is 1. The van der Waals surface area contributed by atoms with Gasteiger partial charge in [0.2, 0.25) is 0 Å². The molecule has 2 heterocycles. The summed E-state index contributed by atoms with van der Waals surface area (Å²) < 4.78 is 11.2. The number of amides is 1. The molecular weight excluding hydrogens is 460 g/mol. The van der Waals surface area contributed by atoms with Crippen LogP contribution in [0.5, 0.6) is 5.75 Å². The molecule has 1 aromatic heterocycles.